The van der Waals surface area contributed by atoms with Gasteiger partial charge in [-0.2, -0.15) is 0 Å². The molecule has 1 unspecified atom stereocenters. The minimum Gasteiger partial charge on any atom is -0.392 e. The molecule has 1 heterocycles. The molecule has 12 heavy (non-hydrogen) atoms. The van der Waals surface area contributed by atoms with Crippen molar-refractivity contribution in [3.8, 4) is 0 Å². The molecule has 1 rings (SSSR count). The zero-order valence-electron chi connectivity index (χ0n) is 7.20. The number of nitrogens with two attached hydrogens (primary N) is 1. The summed E-state index contributed by atoms with van der Waals surface area (Å²) in [5.74, 6) is 0. The van der Waals surface area contributed by atoms with Crippen LogP contribution in [0.15, 0.2) is 18.3 Å². The molecular weight excluding hydrogens is 152 g/mol. The van der Waals surface area contributed by atoms with Crippen LogP contribution in [0.4, 0.5) is 0 Å². The number of aromatic nitrogens is 1. The molecule has 0 aliphatic heterocycles. The lowest BCUT2D eigenvalue weighted by molar-refractivity contribution is 0.281. The molecule has 0 bridgehead atoms. The second-order valence-electron chi connectivity index (χ2n) is 3.00. The quantitative estimate of drug-likeness (QED) is 0.686. The first-order chi connectivity index (χ1) is 5.72. The molecule has 0 aliphatic carbocycles. The Morgan fingerprint density at radius 3 is 2.75 bits per heavy atom. The number of rotatable bonds is 3. The van der Waals surface area contributed by atoms with Gasteiger partial charge in [0.2, 0.25) is 0 Å². The third-order valence-corrected chi connectivity index (χ3v) is 1.60. The average Bonchev–Trinajstić information content (AvgIpc) is 2.05. The standard InChI is InChI=1S/C9H14N2O/c1-7(10)4-9-3-2-8(6-12)5-11-9/h2-3,5,7,12H,4,6,10H2,1H3. The molecule has 0 aromatic carbocycles. The van der Waals surface area contributed by atoms with E-state index in [4.69, 9.17) is 10.8 Å². The summed E-state index contributed by atoms with van der Waals surface area (Å²) in [6.45, 7) is 1.99. The van der Waals surface area contributed by atoms with E-state index in [1.807, 2.05) is 19.1 Å². The highest BCUT2D eigenvalue weighted by molar-refractivity contribution is 5.13. The fourth-order valence-electron chi connectivity index (χ4n) is 0.999. The largest absolute Gasteiger partial charge is 0.392 e. The zero-order chi connectivity index (χ0) is 8.97. The lowest BCUT2D eigenvalue weighted by Crippen LogP contribution is -2.18. The van der Waals surface area contributed by atoms with Crippen molar-refractivity contribution in [3.05, 3.63) is 29.6 Å². The summed E-state index contributed by atoms with van der Waals surface area (Å²) in [6, 6.07) is 3.90. The van der Waals surface area contributed by atoms with Crippen LogP contribution in [-0.2, 0) is 13.0 Å². The van der Waals surface area contributed by atoms with Gasteiger partial charge in [0.05, 0.1) is 6.61 Å². The highest BCUT2D eigenvalue weighted by atomic mass is 16.3. The van der Waals surface area contributed by atoms with Gasteiger partial charge in [-0.05, 0) is 18.6 Å². The van der Waals surface area contributed by atoms with E-state index in [1.54, 1.807) is 6.20 Å². The molecule has 3 heteroatoms. The molecular formula is C9H14N2O. The molecule has 0 spiro atoms. The Morgan fingerprint density at radius 2 is 2.33 bits per heavy atom. The van der Waals surface area contributed by atoms with E-state index in [9.17, 15) is 0 Å². The van der Waals surface area contributed by atoms with Gasteiger partial charge in [0, 0.05) is 24.4 Å². The Bertz CT molecular complexity index is 231. The van der Waals surface area contributed by atoms with Crippen LogP contribution < -0.4 is 5.73 Å². The van der Waals surface area contributed by atoms with Crippen molar-refractivity contribution < 1.29 is 5.11 Å². The molecule has 0 fully saturated rings. The van der Waals surface area contributed by atoms with Gasteiger partial charge >= 0.3 is 0 Å². The summed E-state index contributed by atoms with van der Waals surface area (Å²) in [5, 5.41) is 8.75. The molecule has 1 atom stereocenters. The third-order valence-electron chi connectivity index (χ3n) is 1.60. The van der Waals surface area contributed by atoms with E-state index in [2.05, 4.69) is 4.98 Å². The lowest BCUT2D eigenvalue weighted by atomic mass is 10.1. The van der Waals surface area contributed by atoms with Gasteiger partial charge in [-0.25, -0.2) is 0 Å². The van der Waals surface area contributed by atoms with Crippen LogP contribution in [0.5, 0.6) is 0 Å². The lowest BCUT2D eigenvalue weighted by Gasteiger charge is -2.04. The Kier molecular flexibility index (Phi) is 3.19. The van der Waals surface area contributed by atoms with Crippen LogP contribution in [0.25, 0.3) is 0 Å². The maximum atomic E-state index is 8.75. The summed E-state index contributed by atoms with van der Waals surface area (Å²) in [7, 11) is 0. The Hall–Kier alpha value is -0.930. The first-order valence-corrected chi connectivity index (χ1v) is 4.02. The van der Waals surface area contributed by atoms with Crippen molar-refractivity contribution in [3.63, 3.8) is 0 Å². The Balaban J connectivity index is 2.65. The summed E-state index contributed by atoms with van der Waals surface area (Å²) >= 11 is 0. The normalized spacial score (nSPS) is 12.9. The summed E-state index contributed by atoms with van der Waals surface area (Å²) < 4.78 is 0. The van der Waals surface area contributed by atoms with E-state index in [1.165, 1.54) is 0 Å². The first-order valence-electron chi connectivity index (χ1n) is 4.02. The number of pyridine rings is 1. The molecule has 0 saturated carbocycles. The summed E-state index contributed by atoms with van der Waals surface area (Å²) in [4.78, 5) is 4.15. The zero-order valence-corrected chi connectivity index (χ0v) is 7.20. The van der Waals surface area contributed by atoms with E-state index < -0.39 is 0 Å². The van der Waals surface area contributed by atoms with Crippen LogP contribution >= 0.6 is 0 Å². The Morgan fingerprint density at radius 1 is 1.58 bits per heavy atom. The second kappa shape index (κ2) is 4.18. The predicted molar refractivity (Wildman–Crippen MR) is 47.5 cm³/mol. The van der Waals surface area contributed by atoms with Crippen LogP contribution in [0.1, 0.15) is 18.2 Å². The predicted octanol–water partition coefficient (Wildman–Crippen LogP) is 0.464. The number of nitrogens with zero attached hydrogens (tertiary/aromatic N) is 1. The third kappa shape index (κ3) is 2.60. The molecule has 1 aromatic rings. The van der Waals surface area contributed by atoms with Gasteiger partial charge in [0.25, 0.3) is 0 Å². The molecule has 0 saturated heterocycles. The highest BCUT2D eigenvalue weighted by Crippen LogP contribution is 2.01. The van der Waals surface area contributed by atoms with E-state index in [-0.39, 0.29) is 12.6 Å². The number of hydrogen-bond acceptors (Lipinski definition) is 3. The van der Waals surface area contributed by atoms with Gasteiger partial charge in [-0.1, -0.05) is 6.07 Å². The van der Waals surface area contributed by atoms with Gasteiger partial charge in [0.15, 0.2) is 0 Å². The van der Waals surface area contributed by atoms with Crippen molar-refractivity contribution in [1.82, 2.24) is 4.98 Å². The first kappa shape index (κ1) is 9.16. The number of aliphatic hydroxyl groups is 1. The van der Waals surface area contributed by atoms with Crippen LogP contribution in [0.3, 0.4) is 0 Å². The molecule has 66 valence electrons. The van der Waals surface area contributed by atoms with Crippen LogP contribution in [0, 0.1) is 0 Å². The highest BCUT2D eigenvalue weighted by Gasteiger charge is 1.98. The van der Waals surface area contributed by atoms with Crippen LogP contribution in [0.2, 0.25) is 0 Å². The fraction of sp³-hybridized carbons (Fsp3) is 0.444. The fourth-order valence-corrected chi connectivity index (χ4v) is 0.999. The monoisotopic (exact) mass is 166 g/mol. The molecule has 3 nitrogen and oxygen atoms in total. The SMILES string of the molecule is CC(N)Cc1ccc(CO)cn1. The van der Waals surface area contributed by atoms with Gasteiger partial charge in [-0.15, -0.1) is 0 Å². The molecule has 1 aromatic heterocycles. The summed E-state index contributed by atoms with van der Waals surface area (Å²) in [6.07, 6.45) is 2.46. The van der Waals surface area contributed by atoms with Crippen LogP contribution in [-0.4, -0.2) is 16.1 Å². The van der Waals surface area contributed by atoms with Crippen molar-refractivity contribution in [2.24, 2.45) is 5.73 Å². The van der Waals surface area contributed by atoms with Crippen molar-refractivity contribution in [2.45, 2.75) is 26.0 Å². The molecule has 0 aliphatic rings. The maximum Gasteiger partial charge on any atom is 0.0696 e. The number of aliphatic hydroxyl groups excluding tert-OH is 1. The van der Waals surface area contributed by atoms with Crippen molar-refractivity contribution >= 4 is 0 Å². The van der Waals surface area contributed by atoms with Gasteiger partial charge in [-0.3, -0.25) is 4.98 Å². The summed E-state index contributed by atoms with van der Waals surface area (Å²) in [5.41, 5.74) is 7.42. The maximum absolute atomic E-state index is 8.75. The Labute approximate surface area is 72.2 Å². The molecule has 0 amide bonds. The van der Waals surface area contributed by atoms with Crippen molar-refractivity contribution in [1.29, 1.82) is 0 Å². The minimum atomic E-state index is 0.0471. The second-order valence-corrected chi connectivity index (χ2v) is 3.00. The number of hydrogen-bond donors (Lipinski definition) is 2. The smallest absolute Gasteiger partial charge is 0.0696 e. The topological polar surface area (TPSA) is 59.1 Å². The van der Waals surface area contributed by atoms with Gasteiger partial charge in [0.1, 0.15) is 0 Å². The molecule has 3 N–H and O–H groups in total. The van der Waals surface area contributed by atoms with E-state index in [0.717, 1.165) is 17.7 Å². The minimum absolute atomic E-state index is 0.0471. The molecule has 0 radical (unpaired) electrons. The van der Waals surface area contributed by atoms with Gasteiger partial charge < -0.3 is 10.8 Å². The van der Waals surface area contributed by atoms with Crippen molar-refractivity contribution in [2.75, 3.05) is 0 Å². The van der Waals surface area contributed by atoms with E-state index in [0.29, 0.717) is 0 Å². The average molecular weight is 166 g/mol. The van der Waals surface area contributed by atoms with E-state index >= 15 is 0 Å².